The van der Waals surface area contributed by atoms with E-state index in [4.69, 9.17) is 15.9 Å². The average Bonchev–Trinajstić information content (AvgIpc) is 2.95. The van der Waals surface area contributed by atoms with Gasteiger partial charge < -0.3 is 36.3 Å². The standard InChI is InChI=1S/C33H37N3O9/c1-36(2)24-23-27(45-31(43)32-9-13-6-14(10-32)8-15(7-13)11-32)20-17(12-34)16-4-3-5-18(37)19(16)25(38)21(20)28(40)33(23,44)29(41)22(26(24)39)30(35)42/h3-5,12-15,17,20,23-24,27,34,37-38,41,44H,6-11H2,1-2H3,(H2,35,42)/t13?,14?,15?,17?,20?,23?,24-,27?,32?,33-/m0/s1. The summed E-state index contributed by atoms with van der Waals surface area (Å²) >= 11 is 0. The third kappa shape index (κ3) is 3.81. The van der Waals surface area contributed by atoms with Gasteiger partial charge in [0.1, 0.15) is 28.9 Å². The molecule has 5 fully saturated rings. The number of carbonyl (C=O) groups is 4. The minimum Gasteiger partial charge on any atom is -0.508 e. The number of carbonyl (C=O) groups excluding carboxylic acids is 4. The Hall–Kier alpha value is -4.03. The highest BCUT2D eigenvalue weighted by molar-refractivity contribution is 6.24. The number of aliphatic hydroxyl groups is 3. The molecule has 238 valence electrons. The van der Waals surface area contributed by atoms with Crippen LogP contribution < -0.4 is 5.73 Å². The van der Waals surface area contributed by atoms with Crippen molar-refractivity contribution in [2.75, 3.05) is 14.1 Å². The van der Waals surface area contributed by atoms with Crippen LogP contribution in [0.2, 0.25) is 0 Å². The molecule has 0 radical (unpaired) electrons. The molecule has 7 aliphatic rings. The van der Waals surface area contributed by atoms with E-state index in [9.17, 15) is 39.6 Å². The lowest BCUT2D eigenvalue weighted by Crippen LogP contribution is -2.71. The number of esters is 1. The number of benzene rings is 1. The van der Waals surface area contributed by atoms with E-state index < -0.39 is 92.8 Å². The third-order valence-corrected chi connectivity index (χ3v) is 11.6. The van der Waals surface area contributed by atoms with Crippen molar-refractivity contribution in [3.05, 3.63) is 46.2 Å². The smallest absolute Gasteiger partial charge is 0.312 e. The Morgan fingerprint density at radius 3 is 2.18 bits per heavy atom. The zero-order chi connectivity index (χ0) is 32.3. The summed E-state index contributed by atoms with van der Waals surface area (Å²) in [6, 6.07) is 2.91. The molecule has 12 nitrogen and oxygen atoms in total. The van der Waals surface area contributed by atoms with Gasteiger partial charge in [0, 0.05) is 23.6 Å². The quantitative estimate of drug-likeness (QED) is 0.160. The van der Waals surface area contributed by atoms with Crippen molar-refractivity contribution in [3.63, 3.8) is 0 Å². The number of fused-ring (bicyclic) bond motifs is 3. The lowest BCUT2D eigenvalue weighted by Gasteiger charge is -2.57. The molecule has 0 aliphatic heterocycles. The monoisotopic (exact) mass is 619 g/mol. The normalized spacial score (nSPS) is 39.8. The summed E-state index contributed by atoms with van der Waals surface area (Å²) in [4.78, 5) is 56.6. The van der Waals surface area contributed by atoms with E-state index in [2.05, 4.69) is 0 Å². The fourth-order valence-corrected chi connectivity index (χ4v) is 10.2. The number of hydrogen-bond donors (Lipinski definition) is 6. The molecule has 1 aromatic rings. The van der Waals surface area contributed by atoms with Gasteiger partial charge >= 0.3 is 5.97 Å². The van der Waals surface area contributed by atoms with Crippen molar-refractivity contribution in [1.29, 1.82) is 5.41 Å². The number of nitrogens with one attached hydrogen (secondary N) is 1. The molecule has 8 rings (SSSR count). The molecule has 4 bridgehead atoms. The Kier molecular flexibility index (Phi) is 6.42. The highest BCUT2D eigenvalue weighted by Gasteiger charge is 2.70. The van der Waals surface area contributed by atoms with Gasteiger partial charge in [-0.15, -0.1) is 0 Å². The lowest BCUT2D eigenvalue weighted by molar-refractivity contribution is -0.199. The number of likely N-dealkylation sites (N-methyl/N-ethyl adjacent to an activating group) is 1. The predicted molar refractivity (Wildman–Crippen MR) is 158 cm³/mol. The lowest BCUT2D eigenvalue weighted by atomic mass is 9.49. The van der Waals surface area contributed by atoms with E-state index in [-0.39, 0.29) is 11.1 Å². The number of amides is 1. The first-order valence-electron chi connectivity index (χ1n) is 15.4. The number of Topliss-reactive ketones (excluding diaryl/α,β-unsaturated/α-hetero) is 2. The number of nitrogens with zero attached hydrogens (tertiary/aromatic N) is 1. The van der Waals surface area contributed by atoms with Crippen LogP contribution in [0.3, 0.4) is 0 Å². The molecule has 7 aliphatic carbocycles. The number of hydrogen-bond acceptors (Lipinski definition) is 11. The van der Waals surface area contributed by atoms with Gasteiger partial charge in [0.05, 0.1) is 22.9 Å². The number of primary amides is 1. The largest absolute Gasteiger partial charge is 0.508 e. The number of phenols is 1. The summed E-state index contributed by atoms with van der Waals surface area (Å²) < 4.78 is 6.44. The Labute approximate surface area is 259 Å². The van der Waals surface area contributed by atoms with Gasteiger partial charge in [-0.05, 0) is 82.0 Å². The Morgan fingerprint density at radius 1 is 1.04 bits per heavy atom. The van der Waals surface area contributed by atoms with Crippen LogP contribution in [-0.4, -0.2) is 86.8 Å². The van der Waals surface area contributed by atoms with Crippen LogP contribution in [0.15, 0.2) is 35.1 Å². The number of phenolic OH excluding ortho intramolecular Hbond substituents is 1. The first kappa shape index (κ1) is 29.7. The second-order valence-corrected chi connectivity index (χ2v) is 14.3. The first-order valence-corrected chi connectivity index (χ1v) is 15.4. The van der Waals surface area contributed by atoms with Crippen LogP contribution in [0.25, 0.3) is 5.76 Å². The summed E-state index contributed by atoms with van der Waals surface area (Å²) in [6.07, 6.45) is 4.55. The van der Waals surface area contributed by atoms with Crippen molar-refractivity contribution < 1.29 is 44.3 Å². The number of nitrogens with two attached hydrogens (primary N) is 1. The van der Waals surface area contributed by atoms with E-state index in [1.807, 2.05) is 0 Å². The molecule has 1 amide bonds. The van der Waals surface area contributed by atoms with Crippen LogP contribution in [0.4, 0.5) is 0 Å². The van der Waals surface area contributed by atoms with Crippen LogP contribution in [-0.2, 0) is 23.9 Å². The summed E-state index contributed by atoms with van der Waals surface area (Å²) in [7, 11) is 2.97. The van der Waals surface area contributed by atoms with Crippen LogP contribution >= 0.6 is 0 Å². The SMILES string of the molecule is CN(C)[C@@H]1C(=O)C(C(N)=O)=C(O)[C@@]2(O)C(=O)C3=C(O)c4c(O)cccc4C(C=N)C3C(OC(=O)C34CC5CC(CC(C5)C3)C4)C12. The summed E-state index contributed by atoms with van der Waals surface area (Å²) in [6.45, 7) is 0. The number of aromatic hydroxyl groups is 1. The number of rotatable bonds is 5. The second kappa shape index (κ2) is 9.73. The highest BCUT2D eigenvalue weighted by atomic mass is 16.5. The maximum Gasteiger partial charge on any atom is 0.312 e. The van der Waals surface area contributed by atoms with Gasteiger partial charge in [0.15, 0.2) is 11.4 Å². The van der Waals surface area contributed by atoms with Crippen LogP contribution in [0.1, 0.15) is 55.6 Å². The summed E-state index contributed by atoms with van der Waals surface area (Å²) in [5, 5.41) is 54.5. The van der Waals surface area contributed by atoms with E-state index in [1.165, 1.54) is 31.1 Å². The highest BCUT2D eigenvalue weighted by Crippen LogP contribution is 2.62. The molecule has 5 saturated carbocycles. The van der Waals surface area contributed by atoms with Crippen molar-refractivity contribution in [1.82, 2.24) is 4.90 Å². The molecular formula is C33H37N3O9. The van der Waals surface area contributed by atoms with Crippen LogP contribution in [0.5, 0.6) is 5.75 Å². The Bertz CT molecular complexity index is 1610. The van der Waals surface area contributed by atoms with Gasteiger partial charge in [-0.2, -0.15) is 0 Å². The molecule has 12 heteroatoms. The average molecular weight is 620 g/mol. The minimum absolute atomic E-state index is 0.145. The number of ether oxygens (including phenoxy) is 1. The van der Waals surface area contributed by atoms with Crippen molar-refractivity contribution in [2.45, 2.75) is 62.2 Å². The van der Waals surface area contributed by atoms with Crippen molar-refractivity contribution >= 4 is 35.4 Å². The molecular weight excluding hydrogens is 582 g/mol. The predicted octanol–water partition coefficient (Wildman–Crippen LogP) is 1.89. The molecule has 0 aromatic heterocycles. The van der Waals surface area contributed by atoms with Gasteiger partial charge in [-0.25, -0.2) is 0 Å². The molecule has 1 aromatic carbocycles. The van der Waals surface area contributed by atoms with Gasteiger partial charge in [0.2, 0.25) is 5.78 Å². The van der Waals surface area contributed by atoms with Crippen LogP contribution in [0, 0.1) is 40.4 Å². The molecule has 45 heavy (non-hydrogen) atoms. The minimum atomic E-state index is -3.02. The zero-order valence-electron chi connectivity index (χ0n) is 25.0. The van der Waals surface area contributed by atoms with Gasteiger partial charge in [0.25, 0.3) is 5.91 Å². The van der Waals surface area contributed by atoms with E-state index in [1.54, 1.807) is 6.07 Å². The Balaban J connectivity index is 1.47. The fourth-order valence-electron chi connectivity index (χ4n) is 10.2. The topological polar surface area (TPSA) is 212 Å². The fraction of sp³-hybridized carbons (Fsp3) is 0.545. The van der Waals surface area contributed by atoms with Crippen molar-refractivity contribution in [2.24, 2.45) is 40.7 Å². The first-order chi connectivity index (χ1) is 21.2. The molecule has 0 spiro atoms. The third-order valence-electron chi connectivity index (χ3n) is 11.6. The Morgan fingerprint density at radius 2 is 1.64 bits per heavy atom. The molecule has 4 unspecified atom stereocenters. The van der Waals surface area contributed by atoms with Crippen molar-refractivity contribution in [3.8, 4) is 5.75 Å². The summed E-state index contributed by atoms with van der Waals surface area (Å²) in [5.41, 5.74) is 0.351. The second-order valence-electron chi connectivity index (χ2n) is 14.3. The molecule has 7 N–H and O–H groups in total. The molecule has 0 heterocycles. The zero-order valence-corrected chi connectivity index (χ0v) is 25.0. The molecule has 6 atom stereocenters. The maximum absolute atomic E-state index is 14.5. The number of aliphatic hydroxyl groups excluding tert-OH is 2. The van der Waals surface area contributed by atoms with E-state index in [0.29, 0.717) is 37.0 Å². The molecule has 0 saturated heterocycles. The number of ketones is 2. The van der Waals surface area contributed by atoms with E-state index >= 15 is 0 Å². The maximum atomic E-state index is 14.5. The van der Waals surface area contributed by atoms with Gasteiger partial charge in [-0.1, -0.05) is 12.1 Å². The van der Waals surface area contributed by atoms with Gasteiger partial charge in [-0.3, -0.25) is 24.1 Å². The summed E-state index contributed by atoms with van der Waals surface area (Å²) in [5.74, 6) is -9.32. The van der Waals surface area contributed by atoms with E-state index in [0.717, 1.165) is 25.5 Å².